The largest absolute Gasteiger partial charge is 0.492 e. The smallest absolute Gasteiger partial charge is 0.338 e. The fourth-order valence-electron chi connectivity index (χ4n) is 7.01. The van der Waals surface area contributed by atoms with Gasteiger partial charge in [-0.1, -0.05) is 18.2 Å². The number of piperidine rings is 1. The van der Waals surface area contributed by atoms with E-state index in [0.29, 0.717) is 41.9 Å². The molecule has 2 saturated heterocycles. The van der Waals surface area contributed by atoms with Crippen LogP contribution in [-0.4, -0.2) is 69.6 Å². The molecule has 4 aliphatic heterocycles. The summed E-state index contributed by atoms with van der Waals surface area (Å²) in [6.45, 7) is 4.09. The average molecular weight is 566 g/mol. The maximum atomic E-state index is 13.8. The van der Waals surface area contributed by atoms with E-state index < -0.39 is 5.97 Å². The highest BCUT2D eigenvalue weighted by Gasteiger charge is 2.44. The molecule has 0 aromatic heterocycles. The van der Waals surface area contributed by atoms with Gasteiger partial charge in [0.1, 0.15) is 5.75 Å². The Bertz CT molecular complexity index is 1590. The number of anilines is 2. The predicted octanol–water partition coefficient (Wildman–Crippen LogP) is 4.83. The number of rotatable bonds is 4. The van der Waals surface area contributed by atoms with Gasteiger partial charge in [-0.3, -0.25) is 9.59 Å². The van der Waals surface area contributed by atoms with Gasteiger partial charge in [-0.2, -0.15) is 0 Å². The summed E-state index contributed by atoms with van der Waals surface area (Å²) in [4.78, 5) is 44.8. The van der Waals surface area contributed by atoms with E-state index in [0.717, 1.165) is 67.9 Å². The van der Waals surface area contributed by atoms with Crippen LogP contribution < -0.4 is 14.5 Å². The Morgan fingerprint density at radius 2 is 1.71 bits per heavy atom. The second-order valence-electron chi connectivity index (χ2n) is 12.0. The molecule has 0 aliphatic carbocycles. The zero-order valence-corrected chi connectivity index (χ0v) is 24.2. The van der Waals surface area contributed by atoms with Gasteiger partial charge in [-0.05, 0) is 98.9 Å². The Balaban J connectivity index is 1.16. The van der Waals surface area contributed by atoms with Crippen molar-refractivity contribution in [1.82, 2.24) is 4.90 Å². The molecule has 8 heteroatoms. The number of carbonyl (C=O) groups is 3. The van der Waals surface area contributed by atoms with Crippen LogP contribution in [0.15, 0.2) is 54.6 Å². The fraction of sp³-hybridized carbons (Fsp3) is 0.382. The molecule has 3 aromatic rings. The first kappa shape index (κ1) is 26.7. The van der Waals surface area contributed by atoms with Crippen LogP contribution in [0.5, 0.6) is 5.75 Å². The van der Waals surface area contributed by atoms with E-state index in [9.17, 15) is 14.4 Å². The Labute approximate surface area is 245 Å². The van der Waals surface area contributed by atoms with Gasteiger partial charge in [0, 0.05) is 47.4 Å². The molecular formula is C34H35N3O5. The third-order valence-corrected chi connectivity index (χ3v) is 9.58. The number of likely N-dealkylation sites (tertiary alicyclic amines) is 1. The van der Waals surface area contributed by atoms with Crippen LogP contribution in [0.2, 0.25) is 0 Å². The molecule has 2 amide bonds. The number of esters is 1. The van der Waals surface area contributed by atoms with Crippen molar-refractivity contribution in [2.75, 3.05) is 56.7 Å². The number of carbonyl (C=O) groups excluding carboxylic acids is 3. The molecule has 0 N–H and O–H groups in total. The first-order valence-electron chi connectivity index (χ1n) is 14.8. The molecule has 2 fully saturated rings. The minimum absolute atomic E-state index is 0.0325. The highest BCUT2D eigenvalue weighted by Crippen LogP contribution is 2.49. The first-order valence-corrected chi connectivity index (χ1v) is 14.8. The first-order chi connectivity index (χ1) is 20.4. The Morgan fingerprint density at radius 1 is 0.929 bits per heavy atom. The Hall–Kier alpha value is -4.17. The van der Waals surface area contributed by atoms with E-state index in [4.69, 9.17) is 9.47 Å². The highest BCUT2D eigenvalue weighted by molar-refractivity contribution is 6.08. The molecule has 0 radical (unpaired) electrons. The summed E-state index contributed by atoms with van der Waals surface area (Å²) < 4.78 is 11.3. The van der Waals surface area contributed by atoms with Crippen molar-refractivity contribution in [3.63, 3.8) is 0 Å². The second kappa shape index (κ2) is 10.3. The molecule has 216 valence electrons. The summed E-state index contributed by atoms with van der Waals surface area (Å²) in [6, 6.07) is 17.2. The van der Waals surface area contributed by atoms with E-state index in [1.807, 2.05) is 41.3 Å². The van der Waals surface area contributed by atoms with Crippen LogP contribution in [0, 0.1) is 0 Å². The van der Waals surface area contributed by atoms with Gasteiger partial charge in [0.05, 0.1) is 19.3 Å². The number of hydrogen-bond donors (Lipinski definition) is 0. The molecule has 42 heavy (non-hydrogen) atoms. The summed E-state index contributed by atoms with van der Waals surface area (Å²) in [5.74, 6) is 0.543. The molecular weight excluding hydrogens is 530 g/mol. The third kappa shape index (κ3) is 4.36. The quantitative estimate of drug-likeness (QED) is 0.422. The van der Waals surface area contributed by atoms with Crippen LogP contribution >= 0.6 is 0 Å². The Kier molecular flexibility index (Phi) is 6.54. The molecule has 0 atom stereocenters. The molecule has 0 bridgehead atoms. The van der Waals surface area contributed by atoms with Crippen molar-refractivity contribution >= 4 is 29.2 Å². The van der Waals surface area contributed by atoms with Crippen LogP contribution in [0.4, 0.5) is 11.4 Å². The van der Waals surface area contributed by atoms with Gasteiger partial charge in [0.2, 0.25) is 5.91 Å². The number of hydrogen-bond acceptors (Lipinski definition) is 6. The molecule has 3 aromatic carbocycles. The van der Waals surface area contributed by atoms with Gasteiger partial charge in [0.15, 0.2) is 0 Å². The molecule has 7 rings (SSSR count). The van der Waals surface area contributed by atoms with Crippen molar-refractivity contribution in [2.45, 2.75) is 37.5 Å². The second-order valence-corrected chi connectivity index (χ2v) is 12.0. The summed E-state index contributed by atoms with van der Waals surface area (Å²) in [5.41, 5.74) is 6.60. The maximum Gasteiger partial charge on any atom is 0.338 e. The van der Waals surface area contributed by atoms with Crippen molar-refractivity contribution in [2.24, 2.45) is 0 Å². The number of nitrogens with zero attached hydrogens (tertiary/aromatic N) is 3. The maximum absolute atomic E-state index is 13.8. The lowest BCUT2D eigenvalue weighted by Crippen LogP contribution is -2.42. The zero-order chi connectivity index (χ0) is 29.0. The SMILES string of the molecule is COC(=O)c1cc(N2CCCC2=O)ccc1-c1ccc(C(=O)N2CCc3cc4c(cc32)C2(CCN(C)CC2)CO4)cc1. The van der Waals surface area contributed by atoms with Gasteiger partial charge in [-0.15, -0.1) is 0 Å². The lowest BCUT2D eigenvalue weighted by molar-refractivity contribution is -0.117. The lowest BCUT2D eigenvalue weighted by Gasteiger charge is -2.37. The molecule has 4 heterocycles. The topological polar surface area (TPSA) is 79.4 Å². The number of amides is 2. The number of benzene rings is 3. The van der Waals surface area contributed by atoms with Crippen molar-refractivity contribution < 1.29 is 23.9 Å². The number of fused-ring (bicyclic) bond motifs is 3. The fourth-order valence-corrected chi connectivity index (χ4v) is 7.01. The zero-order valence-electron chi connectivity index (χ0n) is 24.2. The van der Waals surface area contributed by atoms with Crippen LogP contribution in [-0.2, 0) is 21.4 Å². The molecule has 0 saturated carbocycles. The predicted molar refractivity (Wildman–Crippen MR) is 161 cm³/mol. The molecule has 1 spiro atoms. The third-order valence-electron chi connectivity index (χ3n) is 9.58. The minimum Gasteiger partial charge on any atom is -0.492 e. The van der Waals surface area contributed by atoms with Gasteiger partial charge >= 0.3 is 5.97 Å². The summed E-state index contributed by atoms with van der Waals surface area (Å²) in [6.07, 6.45) is 4.25. The normalized spacial score (nSPS) is 19.1. The highest BCUT2D eigenvalue weighted by atomic mass is 16.5. The molecule has 8 nitrogen and oxygen atoms in total. The molecule has 0 unspecified atom stereocenters. The minimum atomic E-state index is -0.466. The van der Waals surface area contributed by atoms with Crippen molar-refractivity contribution in [3.05, 3.63) is 76.9 Å². The van der Waals surface area contributed by atoms with Crippen LogP contribution in [0.25, 0.3) is 11.1 Å². The van der Waals surface area contributed by atoms with Crippen LogP contribution in [0.3, 0.4) is 0 Å². The summed E-state index contributed by atoms with van der Waals surface area (Å²) >= 11 is 0. The standard InChI is InChI=1S/C34H35N3O5/c1-35-16-12-34(13-17-35)21-42-30-18-24-11-15-37(29(24)20-28(30)34)32(39)23-7-5-22(6-8-23)26-10-9-25(19-27(26)33(40)41-2)36-14-3-4-31(36)38/h5-10,18-20H,3-4,11-17,21H2,1-2H3. The Morgan fingerprint density at radius 3 is 2.43 bits per heavy atom. The molecule has 4 aliphatic rings. The summed E-state index contributed by atoms with van der Waals surface area (Å²) in [7, 11) is 3.52. The van der Waals surface area contributed by atoms with E-state index in [1.54, 1.807) is 11.0 Å². The monoisotopic (exact) mass is 565 g/mol. The average Bonchev–Trinajstić information content (AvgIpc) is 3.74. The van der Waals surface area contributed by atoms with Gasteiger partial charge in [0.25, 0.3) is 5.91 Å². The van der Waals surface area contributed by atoms with E-state index in [2.05, 4.69) is 24.1 Å². The lowest BCUT2D eigenvalue weighted by atomic mass is 9.74. The van der Waals surface area contributed by atoms with Gasteiger partial charge in [-0.25, -0.2) is 4.79 Å². The summed E-state index contributed by atoms with van der Waals surface area (Å²) in [5, 5.41) is 0. The van der Waals surface area contributed by atoms with Gasteiger partial charge < -0.3 is 24.2 Å². The van der Waals surface area contributed by atoms with E-state index >= 15 is 0 Å². The van der Waals surface area contributed by atoms with Crippen LogP contribution in [0.1, 0.15) is 57.5 Å². The number of ether oxygens (including phenoxy) is 2. The van der Waals surface area contributed by atoms with Crippen molar-refractivity contribution in [3.8, 4) is 16.9 Å². The van der Waals surface area contributed by atoms with Crippen molar-refractivity contribution in [1.29, 1.82) is 0 Å². The number of methoxy groups -OCH3 is 1. The van der Waals surface area contributed by atoms with E-state index in [-0.39, 0.29) is 17.2 Å². The van der Waals surface area contributed by atoms with E-state index in [1.165, 1.54) is 12.7 Å².